The van der Waals surface area contributed by atoms with Crippen LogP contribution >= 0.6 is 0 Å². The number of hydrogen-bond donors (Lipinski definition) is 0. The van der Waals surface area contributed by atoms with Crippen LogP contribution in [0.3, 0.4) is 0 Å². The van der Waals surface area contributed by atoms with Gasteiger partial charge in [-0.25, -0.2) is 0 Å². The lowest BCUT2D eigenvalue weighted by molar-refractivity contribution is 0.593. The minimum Gasteiger partial charge on any atom is -0.0623 e. The van der Waals surface area contributed by atoms with Crippen LogP contribution in [-0.2, 0) is 0 Å². The van der Waals surface area contributed by atoms with E-state index >= 15 is 0 Å². The van der Waals surface area contributed by atoms with Crippen molar-refractivity contribution in [3.8, 4) is 0 Å². The van der Waals surface area contributed by atoms with E-state index in [0.29, 0.717) is 0 Å². The van der Waals surface area contributed by atoms with Crippen molar-refractivity contribution in [2.45, 2.75) is 32.1 Å². The molecule has 0 spiro atoms. The molecule has 0 nitrogen and oxygen atoms in total. The largest absolute Gasteiger partial charge is 0.0623 e. The van der Waals surface area contributed by atoms with Gasteiger partial charge in [0, 0.05) is 0 Å². The van der Waals surface area contributed by atoms with Gasteiger partial charge < -0.3 is 0 Å². The quantitative estimate of drug-likeness (QED) is 0.542. The lowest BCUT2D eigenvalue weighted by atomic mass is 10.0. The Morgan fingerprint density at radius 2 is 0.917 bits per heavy atom. The van der Waals surface area contributed by atoms with E-state index in [1.807, 2.05) is 36.4 Å². The van der Waals surface area contributed by atoms with Crippen molar-refractivity contribution >= 4 is 0 Å². The summed E-state index contributed by atoms with van der Waals surface area (Å²) >= 11 is 0. The Hall–Kier alpha value is -0.780. The van der Waals surface area contributed by atoms with Gasteiger partial charge in [0.1, 0.15) is 0 Å². The second-order valence-electron chi connectivity index (χ2n) is 3.08. The summed E-state index contributed by atoms with van der Waals surface area (Å²) in [4.78, 5) is 0. The van der Waals surface area contributed by atoms with E-state index in [9.17, 15) is 0 Å². The van der Waals surface area contributed by atoms with Crippen LogP contribution < -0.4 is 0 Å². The van der Waals surface area contributed by atoms with Gasteiger partial charge in [0.25, 0.3) is 0 Å². The summed E-state index contributed by atoms with van der Waals surface area (Å²) in [6, 6.07) is 12.0. The molecule has 0 atom stereocenters. The smallest absolute Gasteiger partial charge is 0.0386 e. The van der Waals surface area contributed by atoms with Gasteiger partial charge in [-0.05, 0) is 6.42 Å². The highest BCUT2D eigenvalue weighted by Crippen LogP contribution is 2.14. The fraction of sp³-hybridized carbons (Fsp3) is 0.417. The summed E-state index contributed by atoms with van der Waals surface area (Å²) < 4.78 is 0. The maximum Gasteiger partial charge on any atom is -0.0386 e. The summed E-state index contributed by atoms with van der Waals surface area (Å²) in [6.45, 7) is 0. The molecule has 0 heterocycles. The van der Waals surface area contributed by atoms with Crippen molar-refractivity contribution in [2.24, 2.45) is 0 Å². The molecule has 0 aliphatic heterocycles. The molecule has 1 aromatic rings. The Bertz CT molecular complexity index is 124. The van der Waals surface area contributed by atoms with E-state index < -0.39 is 0 Å². The van der Waals surface area contributed by atoms with E-state index in [0.717, 1.165) is 0 Å². The molecule has 12 heavy (non-hydrogen) atoms. The Balaban J connectivity index is 0.000000120. The van der Waals surface area contributed by atoms with Gasteiger partial charge >= 0.3 is 0 Å². The van der Waals surface area contributed by atoms with Crippen LogP contribution in [0.5, 0.6) is 0 Å². The molecule has 0 unspecified atom stereocenters. The molecule has 0 heteroatoms. The Labute approximate surface area is 75.6 Å². The van der Waals surface area contributed by atoms with Crippen molar-refractivity contribution in [2.75, 3.05) is 0 Å². The second-order valence-corrected chi connectivity index (χ2v) is 3.08. The van der Waals surface area contributed by atoms with Crippen LogP contribution in [-0.4, -0.2) is 0 Å². The molecule has 0 bridgehead atoms. The summed E-state index contributed by atoms with van der Waals surface area (Å²) in [7, 11) is 0. The van der Waals surface area contributed by atoms with Crippen LogP contribution in [0, 0.1) is 6.42 Å². The summed E-state index contributed by atoms with van der Waals surface area (Å²) in [6.07, 6.45) is 9.50. The number of benzene rings is 1. The summed E-state index contributed by atoms with van der Waals surface area (Å²) in [5.41, 5.74) is 0. The van der Waals surface area contributed by atoms with Crippen LogP contribution in [0.4, 0.5) is 0 Å². The molecule has 0 amide bonds. The summed E-state index contributed by atoms with van der Waals surface area (Å²) in [5.74, 6) is 0. The zero-order valence-corrected chi connectivity index (χ0v) is 7.58. The van der Waals surface area contributed by atoms with E-state index in [1.54, 1.807) is 0 Å². The van der Waals surface area contributed by atoms with Crippen LogP contribution in [0.2, 0.25) is 0 Å². The molecule has 0 aromatic heterocycles. The molecule has 1 aliphatic carbocycles. The molecule has 1 fully saturated rings. The molecular weight excluding hydrogens is 144 g/mol. The van der Waals surface area contributed by atoms with Gasteiger partial charge in [0.15, 0.2) is 0 Å². The fourth-order valence-electron chi connectivity index (χ4n) is 1.28. The predicted octanol–water partition coefficient (Wildman–Crippen LogP) is 3.84. The van der Waals surface area contributed by atoms with Crippen molar-refractivity contribution in [1.29, 1.82) is 0 Å². The zero-order valence-electron chi connectivity index (χ0n) is 7.58. The van der Waals surface area contributed by atoms with Gasteiger partial charge in [-0.2, -0.15) is 0 Å². The van der Waals surface area contributed by atoms with Gasteiger partial charge in [-0.15, -0.1) is 0 Å². The second kappa shape index (κ2) is 6.90. The highest BCUT2D eigenvalue weighted by molar-refractivity contribution is 4.99. The van der Waals surface area contributed by atoms with Crippen LogP contribution in [0.15, 0.2) is 36.4 Å². The molecule has 0 N–H and O–H groups in total. The van der Waals surface area contributed by atoms with E-state index in [4.69, 9.17) is 0 Å². The fourth-order valence-corrected chi connectivity index (χ4v) is 1.28. The Morgan fingerprint density at radius 1 is 0.500 bits per heavy atom. The predicted molar refractivity (Wildman–Crippen MR) is 53.8 cm³/mol. The Morgan fingerprint density at radius 3 is 1.08 bits per heavy atom. The molecule has 0 saturated heterocycles. The lowest BCUT2D eigenvalue weighted by Crippen LogP contribution is -1.87. The molecule has 1 aliphatic rings. The molecule has 1 saturated carbocycles. The highest BCUT2D eigenvalue weighted by Gasteiger charge is 1.95. The van der Waals surface area contributed by atoms with Crippen molar-refractivity contribution in [1.82, 2.24) is 0 Å². The Kier molecular flexibility index (Phi) is 5.35. The zero-order chi connectivity index (χ0) is 8.49. The minimum absolute atomic E-state index is 1.38. The monoisotopic (exact) mass is 161 g/mol. The third kappa shape index (κ3) is 4.95. The van der Waals surface area contributed by atoms with Crippen molar-refractivity contribution in [3.63, 3.8) is 0 Å². The molecule has 1 radical (unpaired) electrons. The molecule has 2 rings (SSSR count). The SMILES string of the molecule is [CH]1CCCCC1.c1ccccc1. The van der Waals surface area contributed by atoms with E-state index in [-0.39, 0.29) is 0 Å². The first-order valence-corrected chi connectivity index (χ1v) is 4.82. The van der Waals surface area contributed by atoms with E-state index in [1.165, 1.54) is 32.1 Å². The number of hydrogen-bond acceptors (Lipinski definition) is 0. The maximum absolute atomic E-state index is 2.39. The summed E-state index contributed by atoms with van der Waals surface area (Å²) in [5, 5.41) is 0. The maximum atomic E-state index is 2.39. The molecule has 65 valence electrons. The minimum atomic E-state index is 1.38. The highest BCUT2D eigenvalue weighted by atomic mass is 14.0. The topological polar surface area (TPSA) is 0 Å². The van der Waals surface area contributed by atoms with Crippen LogP contribution in [0.1, 0.15) is 32.1 Å². The van der Waals surface area contributed by atoms with Crippen LogP contribution in [0.25, 0.3) is 0 Å². The first-order chi connectivity index (χ1) is 6.00. The van der Waals surface area contributed by atoms with E-state index in [2.05, 4.69) is 6.42 Å². The third-order valence-electron chi connectivity index (χ3n) is 1.98. The molecular formula is C12H17. The normalized spacial score (nSPS) is 16.0. The standard InChI is InChI=1S/C6H11.C6H6/c2*1-2-4-6-5-3-1/h1H,2-6H2;1-6H. The van der Waals surface area contributed by atoms with Gasteiger partial charge in [0.2, 0.25) is 0 Å². The first-order valence-electron chi connectivity index (χ1n) is 4.82. The van der Waals surface area contributed by atoms with Gasteiger partial charge in [0.05, 0.1) is 0 Å². The van der Waals surface area contributed by atoms with Gasteiger partial charge in [-0.3, -0.25) is 0 Å². The average Bonchev–Trinajstić information content (AvgIpc) is 2.24. The van der Waals surface area contributed by atoms with Gasteiger partial charge in [-0.1, -0.05) is 68.5 Å². The first kappa shape index (κ1) is 9.31. The molecule has 1 aromatic carbocycles. The van der Waals surface area contributed by atoms with Crippen molar-refractivity contribution < 1.29 is 0 Å². The van der Waals surface area contributed by atoms with Crippen molar-refractivity contribution in [3.05, 3.63) is 42.8 Å². The lowest BCUT2D eigenvalue weighted by Gasteiger charge is -2.05. The third-order valence-corrected chi connectivity index (χ3v) is 1.98. The number of rotatable bonds is 0. The average molecular weight is 161 g/mol.